The number of Topliss-reactive ketones (excluding diaryl/α,β-unsaturated/α-hetero) is 1. The van der Waals surface area contributed by atoms with Crippen molar-refractivity contribution in [3.8, 4) is 17.2 Å². The van der Waals surface area contributed by atoms with Gasteiger partial charge in [-0.15, -0.1) is 0 Å². The third-order valence-electron chi connectivity index (χ3n) is 5.06. The zero-order valence-electron chi connectivity index (χ0n) is 20.7. The Morgan fingerprint density at radius 1 is 1.17 bits per heavy atom. The number of carbonyl (C=O) groups is 1. The first-order valence-corrected chi connectivity index (χ1v) is 12.8. The van der Waals surface area contributed by atoms with Crippen molar-refractivity contribution in [3.63, 3.8) is 0 Å². The number of hydrogen-bond donors (Lipinski definition) is 2. The maximum absolute atomic E-state index is 15.2. The predicted octanol–water partition coefficient (Wildman–Crippen LogP) is 4.80. The number of unbranched alkanes of at least 4 members (excludes halogenated alkanes) is 1. The molecular weight excluding hydrogens is 469 g/mol. The molecule has 0 aliphatic carbocycles. The molecule has 0 unspecified atom stereocenters. The summed E-state index contributed by atoms with van der Waals surface area (Å²) < 4.78 is 43.8. The zero-order chi connectivity index (χ0) is 26.2. The maximum atomic E-state index is 15.2. The van der Waals surface area contributed by atoms with E-state index in [9.17, 15) is 18.5 Å². The Balaban J connectivity index is 2.49. The summed E-state index contributed by atoms with van der Waals surface area (Å²) in [6.07, 6.45) is 1.56. The van der Waals surface area contributed by atoms with Crippen molar-refractivity contribution in [1.82, 2.24) is 10.2 Å². The first-order chi connectivity index (χ1) is 16.4. The lowest BCUT2D eigenvalue weighted by Crippen LogP contribution is -2.40. The number of allylic oxidation sites excluding steroid dienone is 2. The SMILES string of the molecule is CCCCC(=O)C(Cc1ccc(-c2ccccc2S(=O)(=O)NC(C)(C)C)cc1F)=C(C#N)NOC. The fraction of sp³-hybridized carbons (Fsp3) is 0.385. The second-order valence-electron chi connectivity index (χ2n) is 9.13. The van der Waals surface area contributed by atoms with Crippen molar-refractivity contribution in [1.29, 1.82) is 5.26 Å². The van der Waals surface area contributed by atoms with Gasteiger partial charge in [-0.25, -0.2) is 17.5 Å². The van der Waals surface area contributed by atoms with Crippen LogP contribution in [-0.4, -0.2) is 26.8 Å². The molecule has 0 aliphatic rings. The van der Waals surface area contributed by atoms with Crippen LogP contribution < -0.4 is 10.2 Å². The lowest BCUT2D eigenvalue weighted by Gasteiger charge is -2.21. The highest BCUT2D eigenvalue weighted by Crippen LogP contribution is 2.30. The van der Waals surface area contributed by atoms with E-state index in [1.807, 2.05) is 13.0 Å². The Labute approximate surface area is 207 Å². The van der Waals surface area contributed by atoms with E-state index in [1.54, 1.807) is 45.0 Å². The molecular formula is C26H32FN3O4S. The van der Waals surface area contributed by atoms with Crippen LogP contribution in [0.15, 0.2) is 58.6 Å². The monoisotopic (exact) mass is 501 g/mol. The van der Waals surface area contributed by atoms with E-state index in [4.69, 9.17) is 4.84 Å². The number of carbonyl (C=O) groups excluding carboxylic acids is 1. The van der Waals surface area contributed by atoms with Crippen molar-refractivity contribution in [2.45, 2.75) is 63.8 Å². The highest BCUT2D eigenvalue weighted by molar-refractivity contribution is 7.89. The Bertz CT molecular complexity index is 1240. The van der Waals surface area contributed by atoms with E-state index < -0.39 is 21.4 Å². The first-order valence-electron chi connectivity index (χ1n) is 11.3. The van der Waals surface area contributed by atoms with Gasteiger partial charge in [0.1, 0.15) is 17.6 Å². The minimum atomic E-state index is -3.86. The molecule has 0 spiro atoms. The molecule has 0 heterocycles. The average molecular weight is 502 g/mol. The number of nitrogens with one attached hydrogen (secondary N) is 2. The minimum absolute atomic E-state index is 0.0356. The largest absolute Gasteiger partial charge is 0.294 e. The molecule has 7 nitrogen and oxygen atoms in total. The van der Waals surface area contributed by atoms with Gasteiger partial charge in [-0.05, 0) is 50.5 Å². The van der Waals surface area contributed by atoms with E-state index in [0.717, 1.165) is 6.42 Å². The summed E-state index contributed by atoms with van der Waals surface area (Å²) in [6.45, 7) is 7.16. The number of hydrogen-bond acceptors (Lipinski definition) is 6. The van der Waals surface area contributed by atoms with Gasteiger partial charge >= 0.3 is 0 Å². The average Bonchev–Trinajstić information content (AvgIpc) is 2.79. The van der Waals surface area contributed by atoms with Crippen LogP contribution in [0, 0.1) is 17.1 Å². The predicted molar refractivity (Wildman–Crippen MR) is 133 cm³/mol. The molecule has 0 amide bonds. The summed E-state index contributed by atoms with van der Waals surface area (Å²) in [6, 6.07) is 12.6. The van der Waals surface area contributed by atoms with Crippen LogP contribution in [0.4, 0.5) is 4.39 Å². The Kier molecular flexibility index (Phi) is 9.72. The minimum Gasteiger partial charge on any atom is -0.294 e. The summed E-state index contributed by atoms with van der Waals surface area (Å²) in [7, 11) is -2.54. The van der Waals surface area contributed by atoms with Gasteiger partial charge in [-0.3, -0.25) is 15.1 Å². The maximum Gasteiger partial charge on any atom is 0.241 e. The molecule has 0 radical (unpaired) electrons. The topological polar surface area (TPSA) is 108 Å². The van der Waals surface area contributed by atoms with Crippen molar-refractivity contribution in [3.05, 3.63) is 65.1 Å². The van der Waals surface area contributed by atoms with Crippen LogP contribution in [0.3, 0.4) is 0 Å². The smallest absolute Gasteiger partial charge is 0.241 e. The zero-order valence-corrected chi connectivity index (χ0v) is 21.6. The first kappa shape index (κ1) is 28.2. The normalized spacial score (nSPS) is 12.6. The van der Waals surface area contributed by atoms with E-state index in [0.29, 0.717) is 17.5 Å². The molecule has 188 valence electrons. The Hall–Kier alpha value is -3.06. The van der Waals surface area contributed by atoms with Gasteiger partial charge < -0.3 is 0 Å². The van der Waals surface area contributed by atoms with E-state index in [1.165, 1.54) is 25.3 Å². The number of ketones is 1. The molecule has 0 atom stereocenters. The van der Waals surface area contributed by atoms with Gasteiger partial charge in [-0.2, -0.15) is 5.26 Å². The summed E-state index contributed by atoms with van der Waals surface area (Å²) in [5, 5.41) is 9.47. The van der Waals surface area contributed by atoms with Gasteiger partial charge in [0.2, 0.25) is 10.0 Å². The number of halogens is 1. The van der Waals surface area contributed by atoms with Crippen molar-refractivity contribution >= 4 is 15.8 Å². The third-order valence-corrected chi connectivity index (χ3v) is 6.88. The fourth-order valence-electron chi connectivity index (χ4n) is 3.51. The molecule has 0 aromatic heterocycles. The van der Waals surface area contributed by atoms with Gasteiger partial charge in [-0.1, -0.05) is 43.7 Å². The number of hydroxylamine groups is 1. The fourth-order valence-corrected chi connectivity index (χ4v) is 5.16. The van der Waals surface area contributed by atoms with Crippen LogP contribution >= 0.6 is 0 Å². The molecule has 35 heavy (non-hydrogen) atoms. The van der Waals surface area contributed by atoms with Crippen LogP contribution in [0.1, 0.15) is 52.5 Å². The van der Waals surface area contributed by atoms with Gasteiger partial charge in [0.15, 0.2) is 5.78 Å². The van der Waals surface area contributed by atoms with E-state index >= 15 is 4.39 Å². The van der Waals surface area contributed by atoms with Crippen molar-refractivity contribution < 1.29 is 22.4 Å². The highest BCUT2D eigenvalue weighted by atomic mass is 32.2. The molecule has 2 rings (SSSR count). The van der Waals surface area contributed by atoms with Crippen LogP contribution in [0.5, 0.6) is 0 Å². The number of sulfonamides is 1. The van der Waals surface area contributed by atoms with E-state index in [2.05, 4.69) is 10.2 Å². The Morgan fingerprint density at radius 2 is 1.86 bits per heavy atom. The molecule has 0 saturated carbocycles. The van der Waals surface area contributed by atoms with Gasteiger partial charge in [0, 0.05) is 29.5 Å². The number of rotatable bonds is 11. The third kappa shape index (κ3) is 7.72. The molecule has 0 bridgehead atoms. The number of nitriles is 1. The summed E-state index contributed by atoms with van der Waals surface area (Å²) in [4.78, 5) is 17.6. The lowest BCUT2D eigenvalue weighted by molar-refractivity contribution is -0.115. The standard InChI is InChI=1S/C26H32FN3O4S/c1-6-7-11-24(31)21(23(17-28)29-34-5)15-19-14-13-18(16-22(19)27)20-10-8-9-12-25(20)35(32,33)30-26(2,3)4/h8-10,12-14,16,29-30H,6-7,11,15H2,1-5H3. The molecule has 0 fully saturated rings. The highest BCUT2D eigenvalue weighted by Gasteiger charge is 2.25. The van der Waals surface area contributed by atoms with Crippen LogP contribution in [-0.2, 0) is 26.1 Å². The van der Waals surface area contributed by atoms with Gasteiger partial charge in [0.25, 0.3) is 0 Å². The number of nitrogens with zero attached hydrogens (tertiary/aromatic N) is 1. The van der Waals surface area contributed by atoms with Gasteiger partial charge in [0.05, 0.1) is 12.0 Å². The van der Waals surface area contributed by atoms with Crippen molar-refractivity contribution in [2.75, 3.05) is 7.11 Å². The van der Waals surface area contributed by atoms with Crippen LogP contribution in [0.2, 0.25) is 0 Å². The molecule has 0 saturated heterocycles. The lowest BCUT2D eigenvalue weighted by atomic mass is 9.95. The van der Waals surface area contributed by atoms with Crippen molar-refractivity contribution in [2.24, 2.45) is 0 Å². The molecule has 2 aromatic rings. The molecule has 2 N–H and O–H groups in total. The second-order valence-corrected chi connectivity index (χ2v) is 10.8. The van der Waals surface area contributed by atoms with E-state index in [-0.39, 0.29) is 40.4 Å². The molecule has 0 aliphatic heterocycles. The number of benzene rings is 2. The summed E-state index contributed by atoms with van der Waals surface area (Å²) in [5.41, 5.74) is 2.71. The molecule has 9 heteroatoms. The summed E-state index contributed by atoms with van der Waals surface area (Å²) in [5.74, 6) is -0.880. The Morgan fingerprint density at radius 3 is 2.43 bits per heavy atom. The van der Waals surface area contributed by atoms with Crippen LogP contribution in [0.25, 0.3) is 11.1 Å². The quantitative estimate of drug-likeness (QED) is 0.260. The second kappa shape index (κ2) is 12.1. The molecule has 2 aromatic carbocycles. The summed E-state index contributed by atoms with van der Waals surface area (Å²) >= 11 is 0.